The fraction of sp³-hybridized carbons (Fsp3) is 0.200. The number of hydrogen-bond donors (Lipinski definition) is 1. The minimum atomic E-state index is -4.54. The summed E-state index contributed by atoms with van der Waals surface area (Å²) in [5.74, 6) is -0.190. The van der Waals surface area contributed by atoms with Crippen LogP contribution in [0.1, 0.15) is 27.7 Å². The van der Waals surface area contributed by atoms with Gasteiger partial charge in [0.25, 0.3) is 5.91 Å². The van der Waals surface area contributed by atoms with E-state index in [2.05, 4.69) is 15.0 Å². The lowest BCUT2D eigenvalue weighted by Crippen LogP contribution is -2.32. The Morgan fingerprint density at radius 1 is 1.28 bits per heavy atom. The lowest BCUT2D eigenvalue weighted by atomic mass is 10.1. The van der Waals surface area contributed by atoms with Gasteiger partial charge >= 0.3 is 6.18 Å². The van der Waals surface area contributed by atoms with Gasteiger partial charge in [-0.25, -0.2) is 9.97 Å². The number of amides is 1. The number of pyridine rings is 1. The second-order valence-electron chi connectivity index (χ2n) is 7.31. The number of nitrogens with two attached hydrogens (primary N) is 1. The van der Waals surface area contributed by atoms with Crippen molar-refractivity contribution >= 4 is 39.9 Å². The van der Waals surface area contributed by atoms with E-state index < -0.39 is 23.7 Å². The van der Waals surface area contributed by atoms with Crippen molar-refractivity contribution in [1.29, 1.82) is 0 Å². The first kappa shape index (κ1) is 20.3. The zero-order valence-corrected chi connectivity index (χ0v) is 17.1. The smallest absolute Gasteiger partial charge is 0.418 e. The molecule has 2 N–H and O–H groups in total. The van der Waals surface area contributed by atoms with E-state index in [1.54, 1.807) is 23.0 Å². The molecule has 4 heterocycles. The zero-order valence-electron chi connectivity index (χ0n) is 16.4. The van der Waals surface area contributed by atoms with E-state index in [4.69, 9.17) is 22.1 Å². The first-order chi connectivity index (χ1) is 15.1. The average Bonchev–Trinajstić information content (AvgIpc) is 3.39. The molecule has 0 aliphatic carbocycles. The van der Waals surface area contributed by atoms with Gasteiger partial charge < -0.3 is 15.4 Å². The molecule has 1 atom stereocenters. The van der Waals surface area contributed by atoms with Crippen LogP contribution in [0.25, 0.3) is 16.6 Å². The molecule has 0 saturated carbocycles. The van der Waals surface area contributed by atoms with E-state index in [1.165, 1.54) is 18.0 Å². The van der Waals surface area contributed by atoms with Crippen LogP contribution in [0.5, 0.6) is 5.75 Å². The maximum absolute atomic E-state index is 13.3. The van der Waals surface area contributed by atoms with Crippen molar-refractivity contribution in [2.75, 3.05) is 19.4 Å². The van der Waals surface area contributed by atoms with E-state index in [9.17, 15) is 18.0 Å². The molecule has 0 radical (unpaired) electrons. The second-order valence-corrected chi connectivity index (χ2v) is 7.72. The number of benzene rings is 1. The molecule has 1 aromatic carbocycles. The number of anilines is 1. The molecule has 1 amide bonds. The summed E-state index contributed by atoms with van der Waals surface area (Å²) >= 11 is 6.37. The molecule has 1 aliphatic rings. The highest BCUT2D eigenvalue weighted by Crippen LogP contribution is 2.39. The molecule has 32 heavy (non-hydrogen) atoms. The van der Waals surface area contributed by atoms with E-state index in [0.717, 1.165) is 12.3 Å². The van der Waals surface area contributed by atoms with Crippen LogP contribution in [-0.4, -0.2) is 43.8 Å². The normalized spacial score (nSPS) is 15.7. The molecule has 0 fully saturated rings. The number of likely N-dealkylation sites (N-methyl/N-ethyl adjacent to an activating group) is 1. The van der Waals surface area contributed by atoms with Crippen molar-refractivity contribution in [2.45, 2.75) is 12.2 Å². The van der Waals surface area contributed by atoms with E-state index in [0.29, 0.717) is 16.6 Å². The maximum atomic E-state index is 13.3. The standard InChI is InChI=1S/C20H14ClF3N6O2/c1-29(15-7-32-16-2-9(20(22,23)24)5-27-17(15)16)19(31)10-3-13-12(4-11(10)21)28-18(25)14-6-26-8-30(13)14/h2-6,8,15H,7H2,1H3,(H2,25,28)/t15-/m1/s1. The summed E-state index contributed by atoms with van der Waals surface area (Å²) in [6.45, 7) is -0.0268. The quantitative estimate of drug-likeness (QED) is 0.487. The van der Waals surface area contributed by atoms with Crippen LogP contribution >= 0.6 is 11.6 Å². The van der Waals surface area contributed by atoms with Gasteiger partial charge in [-0.3, -0.25) is 14.2 Å². The van der Waals surface area contributed by atoms with Crippen LogP contribution in [0.15, 0.2) is 36.9 Å². The maximum Gasteiger partial charge on any atom is 0.418 e. The van der Waals surface area contributed by atoms with Gasteiger partial charge in [0.15, 0.2) is 0 Å². The minimum Gasteiger partial charge on any atom is -0.489 e. The van der Waals surface area contributed by atoms with Crippen LogP contribution in [0.4, 0.5) is 19.0 Å². The van der Waals surface area contributed by atoms with Gasteiger partial charge in [-0.2, -0.15) is 13.2 Å². The molecular formula is C20H14ClF3N6O2. The zero-order chi connectivity index (χ0) is 22.8. The number of aromatic nitrogens is 4. The van der Waals surface area contributed by atoms with Crippen LogP contribution in [-0.2, 0) is 6.18 Å². The Bertz CT molecular complexity index is 1400. The van der Waals surface area contributed by atoms with Crippen LogP contribution in [0.2, 0.25) is 5.02 Å². The molecule has 0 unspecified atom stereocenters. The summed E-state index contributed by atoms with van der Waals surface area (Å²) in [6, 6.07) is 3.31. The number of halogens is 4. The van der Waals surface area contributed by atoms with E-state index >= 15 is 0 Å². The van der Waals surface area contributed by atoms with Gasteiger partial charge in [0.05, 0.1) is 39.7 Å². The predicted octanol–water partition coefficient (Wildman–Crippen LogP) is 3.74. The molecule has 5 rings (SSSR count). The van der Waals surface area contributed by atoms with Gasteiger partial charge in [0.1, 0.15) is 35.4 Å². The van der Waals surface area contributed by atoms with Crippen molar-refractivity contribution in [3.63, 3.8) is 0 Å². The topological polar surface area (TPSA) is 98.6 Å². The summed E-state index contributed by atoms with van der Waals surface area (Å²) in [6.07, 6.45) is -0.712. The van der Waals surface area contributed by atoms with Crippen LogP contribution < -0.4 is 10.5 Å². The molecule has 0 saturated heterocycles. The fourth-order valence-electron chi connectivity index (χ4n) is 3.71. The van der Waals surface area contributed by atoms with Gasteiger partial charge in [-0.05, 0) is 18.2 Å². The summed E-state index contributed by atoms with van der Waals surface area (Å²) < 4.78 is 45.9. The van der Waals surface area contributed by atoms with Gasteiger partial charge in [-0.1, -0.05) is 11.6 Å². The summed E-state index contributed by atoms with van der Waals surface area (Å²) in [5.41, 5.74) is 7.09. The van der Waals surface area contributed by atoms with Crippen molar-refractivity contribution in [1.82, 2.24) is 24.3 Å². The van der Waals surface area contributed by atoms with Crippen molar-refractivity contribution in [3.05, 3.63) is 58.8 Å². The second kappa shape index (κ2) is 6.95. The summed E-state index contributed by atoms with van der Waals surface area (Å²) in [5, 5.41) is 0.153. The molecule has 0 bridgehead atoms. The van der Waals surface area contributed by atoms with Crippen LogP contribution in [0.3, 0.4) is 0 Å². The number of fused-ring (bicyclic) bond motifs is 4. The number of hydrogen-bond acceptors (Lipinski definition) is 6. The Hall–Kier alpha value is -3.60. The molecule has 12 heteroatoms. The predicted molar refractivity (Wildman–Crippen MR) is 109 cm³/mol. The lowest BCUT2D eigenvalue weighted by molar-refractivity contribution is -0.137. The molecule has 4 aromatic rings. The first-order valence-electron chi connectivity index (χ1n) is 9.33. The molecule has 1 aliphatic heterocycles. The molecule has 8 nitrogen and oxygen atoms in total. The fourth-order valence-corrected chi connectivity index (χ4v) is 3.95. The number of imidazole rings is 1. The highest BCUT2D eigenvalue weighted by Gasteiger charge is 2.37. The molecule has 164 valence electrons. The third-order valence-corrected chi connectivity index (χ3v) is 5.72. The summed E-state index contributed by atoms with van der Waals surface area (Å²) in [7, 11) is 1.51. The Morgan fingerprint density at radius 2 is 2.06 bits per heavy atom. The Kier molecular flexibility index (Phi) is 4.41. The van der Waals surface area contributed by atoms with Gasteiger partial charge in [0.2, 0.25) is 0 Å². The Morgan fingerprint density at radius 3 is 2.81 bits per heavy atom. The van der Waals surface area contributed by atoms with E-state index in [1.807, 2.05) is 0 Å². The molecule has 0 spiro atoms. The Balaban J connectivity index is 1.53. The average molecular weight is 463 g/mol. The van der Waals surface area contributed by atoms with Crippen molar-refractivity contribution < 1.29 is 22.7 Å². The number of alkyl halides is 3. The number of nitrogens with zero attached hydrogens (tertiary/aromatic N) is 5. The Labute approximate surface area is 183 Å². The highest BCUT2D eigenvalue weighted by molar-refractivity contribution is 6.34. The van der Waals surface area contributed by atoms with Gasteiger partial charge in [0, 0.05) is 13.2 Å². The largest absolute Gasteiger partial charge is 0.489 e. The SMILES string of the molecule is CN(C(=O)c1cc2c(cc1Cl)nc(N)c1cncn12)[C@@H]1COc2cc(C(F)(F)F)cnc21. The lowest BCUT2D eigenvalue weighted by Gasteiger charge is -2.24. The number of ether oxygens (including phenoxy) is 1. The van der Waals surface area contributed by atoms with Gasteiger partial charge in [-0.15, -0.1) is 0 Å². The number of rotatable bonds is 2. The third kappa shape index (κ3) is 3.08. The summed E-state index contributed by atoms with van der Waals surface area (Å²) in [4.78, 5) is 26.9. The number of carbonyl (C=O) groups is 1. The third-order valence-electron chi connectivity index (χ3n) is 5.41. The molecular weight excluding hydrogens is 449 g/mol. The monoisotopic (exact) mass is 462 g/mol. The first-order valence-corrected chi connectivity index (χ1v) is 9.71. The minimum absolute atomic E-state index is 0.00566. The molecule has 3 aromatic heterocycles. The number of nitrogen functional groups attached to an aromatic ring is 1. The van der Waals surface area contributed by atoms with E-state index in [-0.39, 0.29) is 34.5 Å². The number of carbonyl (C=O) groups excluding carboxylic acids is 1. The van der Waals surface area contributed by atoms with Crippen LogP contribution in [0, 0.1) is 0 Å². The van der Waals surface area contributed by atoms with Crippen molar-refractivity contribution in [3.8, 4) is 5.75 Å². The van der Waals surface area contributed by atoms with Crippen molar-refractivity contribution in [2.24, 2.45) is 0 Å². The highest BCUT2D eigenvalue weighted by atomic mass is 35.5.